The van der Waals surface area contributed by atoms with Crippen LogP contribution in [0.4, 0.5) is 0 Å². The Kier molecular flexibility index (Phi) is 2.39. The van der Waals surface area contributed by atoms with Crippen LogP contribution in [-0.2, 0) is 0 Å². The zero-order valence-corrected chi connectivity index (χ0v) is 6.89. The fraction of sp³-hybridized carbons (Fsp3) is 0.222. The summed E-state index contributed by atoms with van der Waals surface area (Å²) >= 11 is 0. The quantitative estimate of drug-likeness (QED) is 0.548. The minimum Gasteiger partial charge on any atom is -0.320 e. The smallest absolute Gasteiger partial charge is 0.112 e. The zero-order valence-electron chi connectivity index (χ0n) is 6.89. The van der Waals surface area contributed by atoms with Gasteiger partial charge in [0.1, 0.15) is 5.70 Å². The largest absolute Gasteiger partial charge is 0.320 e. The van der Waals surface area contributed by atoms with Gasteiger partial charge in [-0.3, -0.25) is 0 Å². The Bertz CT molecular complexity index is 257. The second-order valence-corrected chi connectivity index (χ2v) is 2.52. The highest BCUT2D eigenvalue weighted by Gasteiger charge is 2.06. The van der Waals surface area contributed by atoms with Crippen molar-refractivity contribution in [2.24, 2.45) is 0 Å². The second kappa shape index (κ2) is 3.30. The molecule has 0 aromatic carbocycles. The van der Waals surface area contributed by atoms with E-state index in [4.69, 9.17) is 5.41 Å². The van der Waals surface area contributed by atoms with Crippen molar-refractivity contribution < 1.29 is 5.32 Å². The van der Waals surface area contributed by atoms with Gasteiger partial charge in [-0.25, -0.2) is 0 Å². The van der Waals surface area contributed by atoms with Gasteiger partial charge in [0, 0.05) is 6.92 Å². The Balaban J connectivity index is 2.98. The molecule has 0 aromatic rings. The third-order valence-electron chi connectivity index (χ3n) is 1.78. The van der Waals surface area contributed by atoms with Crippen LogP contribution in [0.1, 0.15) is 6.92 Å². The number of allylic oxidation sites excluding steroid dienone is 6. The average Bonchev–Trinajstić information content (AvgIpc) is 2.04. The molecule has 1 rings (SSSR count). The van der Waals surface area contributed by atoms with Crippen LogP contribution in [-0.4, -0.2) is 12.8 Å². The summed E-state index contributed by atoms with van der Waals surface area (Å²) < 4.78 is 0. The third kappa shape index (κ3) is 1.65. The van der Waals surface area contributed by atoms with Crippen LogP contribution in [0.5, 0.6) is 0 Å². The van der Waals surface area contributed by atoms with Crippen LogP contribution >= 0.6 is 0 Å². The van der Waals surface area contributed by atoms with Crippen molar-refractivity contribution in [1.29, 1.82) is 5.41 Å². The molecule has 58 valence electrons. The zero-order chi connectivity index (χ0) is 8.27. The highest BCUT2D eigenvalue weighted by molar-refractivity contribution is 6.09. The standard InChI is InChI=1S/C9H12N2/c1-7(11-2)8-5-3-4-6-9(8)10/h3-6,10-11H,1-2H3/p+1. The number of nitrogens with one attached hydrogen (secondary N) is 1. The molecule has 0 fully saturated rings. The van der Waals surface area contributed by atoms with E-state index < -0.39 is 0 Å². The molecule has 0 aliphatic heterocycles. The maximum Gasteiger partial charge on any atom is 0.112 e. The Morgan fingerprint density at radius 2 is 2.00 bits per heavy atom. The van der Waals surface area contributed by atoms with Crippen molar-refractivity contribution in [3.8, 4) is 0 Å². The first-order valence-corrected chi connectivity index (χ1v) is 3.69. The van der Waals surface area contributed by atoms with Gasteiger partial charge in [-0.15, -0.1) is 0 Å². The van der Waals surface area contributed by atoms with Crippen LogP contribution in [0.2, 0.25) is 0 Å². The fourth-order valence-electron chi connectivity index (χ4n) is 0.982. The lowest BCUT2D eigenvalue weighted by Gasteiger charge is -2.05. The number of nitrogens with two attached hydrogens (primary N) is 1. The second-order valence-electron chi connectivity index (χ2n) is 2.52. The Morgan fingerprint density at radius 3 is 2.55 bits per heavy atom. The number of rotatable bonds is 1. The molecule has 0 spiro atoms. The van der Waals surface area contributed by atoms with E-state index in [-0.39, 0.29) is 0 Å². The topological polar surface area (TPSA) is 40.5 Å². The average molecular weight is 149 g/mol. The first-order chi connectivity index (χ1) is 5.25. The van der Waals surface area contributed by atoms with E-state index in [9.17, 15) is 0 Å². The lowest BCUT2D eigenvalue weighted by Crippen LogP contribution is -2.77. The van der Waals surface area contributed by atoms with Crippen molar-refractivity contribution in [3.63, 3.8) is 0 Å². The van der Waals surface area contributed by atoms with Gasteiger partial charge < -0.3 is 10.7 Å². The molecule has 0 heterocycles. The summed E-state index contributed by atoms with van der Waals surface area (Å²) in [6.45, 7) is 2.02. The van der Waals surface area contributed by atoms with Crippen LogP contribution in [0.15, 0.2) is 35.6 Å². The molecular weight excluding hydrogens is 136 g/mol. The molecule has 0 atom stereocenters. The lowest BCUT2D eigenvalue weighted by atomic mass is 10.0. The Hall–Kier alpha value is -1.15. The van der Waals surface area contributed by atoms with Crippen LogP contribution < -0.4 is 5.32 Å². The minimum absolute atomic E-state index is 0.600. The van der Waals surface area contributed by atoms with E-state index in [2.05, 4.69) is 0 Å². The molecule has 1 aliphatic carbocycles. The fourth-order valence-corrected chi connectivity index (χ4v) is 0.982. The van der Waals surface area contributed by atoms with E-state index in [1.165, 1.54) is 0 Å². The van der Waals surface area contributed by atoms with Crippen molar-refractivity contribution in [3.05, 3.63) is 35.6 Å². The molecule has 0 saturated heterocycles. The number of hydrogen-bond acceptors (Lipinski definition) is 1. The predicted molar refractivity (Wildman–Crippen MR) is 46.6 cm³/mol. The molecular formula is C9H13N2+. The van der Waals surface area contributed by atoms with E-state index in [0.717, 1.165) is 11.3 Å². The normalized spacial score (nSPS) is 20.7. The molecule has 0 saturated carbocycles. The lowest BCUT2D eigenvalue weighted by molar-refractivity contribution is -0.576. The maximum absolute atomic E-state index is 7.56. The summed E-state index contributed by atoms with van der Waals surface area (Å²) in [4.78, 5) is 0. The molecule has 0 radical (unpaired) electrons. The third-order valence-corrected chi connectivity index (χ3v) is 1.78. The van der Waals surface area contributed by atoms with E-state index in [1.807, 2.05) is 43.6 Å². The van der Waals surface area contributed by atoms with Gasteiger partial charge in [-0.05, 0) is 12.2 Å². The summed E-state index contributed by atoms with van der Waals surface area (Å²) in [5.74, 6) is 0. The van der Waals surface area contributed by atoms with Gasteiger partial charge in [-0.2, -0.15) is 0 Å². The highest BCUT2D eigenvalue weighted by atomic mass is 14.8. The Labute approximate surface area is 66.8 Å². The van der Waals surface area contributed by atoms with E-state index in [1.54, 1.807) is 0 Å². The monoisotopic (exact) mass is 149 g/mol. The highest BCUT2D eigenvalue weighted by Crippen LogP contribution is 2.07. The molecule has 0 unspecified atom stereocenters. The van der Waals surface area contributed by atoms with Crippen LogP contribution in [0, 0.1) is 5.41 Å². The minimum atomic E-state index is 0.600. The van der Waals surface area contributed by atoms with Crippen LogP contribution in [0.25, 0.3) is 0 Å². The van der Waals surface area contributed by atoms with Crippen molar-refractivity contribution >= 4 is 5.71 Å². The molecule has 0 bridgehead atoms. The van der Waals surface area contributed by atoms with Crippen LogP contribution in [0.3, 0.4) is 0 Å². The van der Waals surface area contributed by atoms with Crippen molar-refractivity contribution in [2.75, 3.05) is 7.05 Å². The van der Waals surface area contributed by atoms with Gasteiger partial charge in [-0.1, -0.05) is 12.2 Å². The summed E-state index contributed by atoms with van der Waals surface area (Å²) in [5, 5.41) is 9.58. The molecule has 11 heavy (non-hydrogen) atoms. The molecule has 0 aromatic heterocycles. The van der Waals surface area contributed by atoms with Crippen molar-refractivity contribution in [1.82, 2.24) is 0 Å². The first-order valence-electron chi connectivity index (χ1n) is 3.69. The molecule has 1 aliphatic rings. The van der Waals surface area contributed by atoms with Gasteiger partial charge >= 0.3 is 0 Å². The molecule has 0 amide bonds. The predicted octanol–water partition coefficient (Wildman–Crippen LogP) is 0.599. The molecule has 3 N–H and O–H groups in total. The van der Waals surface area contributed by atoms with Gasteiger partial charge in [0.05, 0.1) is 18.3 Å². The van der Waals surface area contributed by atoms with E-state index in [0.29, 0.717) is 5.71 Å². The van der Waals surface area contributed by atoms with E-state index >= 15 is 0 Å². The Morgan fingerprint density at radius 1 is 1.36 bits per heavy atom. The van der Waals surface area contributed by atoms with Gasteiger partial charge in [0.15, 0.2) is 0 Å². The number of hydrogen-bond donors (Lipinski definition) is 2. The van der Waals surface area contributed by atoms with Crippen molar-refractivity contribution in [2.45, 2.75) is 6.92 Å². The number of quaternary nitrogens is 1. The molecule has 2 heteroatoms. The summed E-state index contributed by atoms with van der Waals surface area (Å²) in [5.41, 5.74) is 2.79. The SMILES string of the molecule is C[NH2+]C(C)=C1C=CC=CC1=N. The molecule has 2 nitrogen and oxygen atoms in total. The summed E-state index contributed by atoms with van der Waals surface area (Å²) in [7, 11) is 1.99. The first kappa shape index (κ1) is 7.95. The maximum atomic E-state index is 7.56. The van der Waals surface area contributed by atoms with Gasteiger partial charge in [0.25, 0.3) is 0 Å². The van der Waals surface area contributed by atoms with Gasteiger partial charge in [0.2, 0.25) is 0 Å². The summed E-state index contributed by atoms with van der Waals surface area (Å²) in [6, 6.07) is 0. The summed E-state index contributed by atoms with van der Waals surface area (Å²) in [6.07, 6.45) is 7.62.